The van der Waals surface area contributed by atoms with Gasteiger partial charge < -0.3 is 9.80 Å². The van der Waals surface area contributed by atoms with E-state index in [4.69, 9.17) is 11.6 Å². The van der Waals surface area contributed by atoms with Gasteiger partial charge >= 0.3 is 0 Å². The highest BCUT2D eigenvalue weighted by Crippen LogP contribution is 2.25. The molecule has 6 nitrogen and oxygen atoms in total. The molecular weight excluding hydrogens is 442 g/mol. The van der Waals surface area contributed by atoms with Crippen LogP contribution in [-0.2, 0) is 14.8 Å². The van der Waals surface area contributed by atoms with Crippen molar-refractivity contribution in [2.75, 3.05) is 50.9 Å². The number of benzene rings is 2. The van der Waals surface area contributed by atoms with Crippen LogP contribution in [-0.4, -0.2) is 69.6 Å². The van der Waals surface area contributed by atoms with Gasteiger partial charge in [-0.05, 0) is 55.1 Å². The molecule has 30 heavy (non-hydrogen) atoms. The minimum atomic E-state index is -3.71. The minimum absolute atomic E-state index is 0.178. The lowest BCUT2D eigenvalue weighted by Crippen LogP contribution is -2.51. The predicted octanol–water partition coefficient (Wildman–Crippen LogP) is 3.34. The molecule has 1 aliphatic heterocycles. The van der Waals surface area contributed by atoms with Crippen LogP contribution in [0.5, 0.6) is 0 Å². The van der Waals surface area contributed by atoms with Gasteiger partial charge in [-0.25, -0.2) is 8.42 Å². The third-order valence-corrected chi connectivity index (χ3v) is 8.07. The summed E-state index contributed by atoms with van der Waals surface area (Å²) in [5.74, 6) is -0.190. The number of hydrogen-bond donors (Lipinski definition) is 0. The highest BCUT2D eigenvalue weighted by molar-refractivity contribution is 7.98. The maximum Gasteiger partial charge on any atom is 0.243 e. The molecule has 1 heterocycles. The van der Waals surface area contributed by atoms with E-state index in [1.807, 2.05) is 31.4 Å². The molecule has 1 saturated heterocycles. The molecule has 2 aromatic carbocycles. The average molecular weight is 468 g/mol. The van der Waals surface area contributed by atoms with E-state index < -0.39 is 10.0 Å². The van der Waals surface area contributed by atoms with Crippen molar-refractivity contribution in [2.45, 2.75) is 16.7 Å². The van der Waals surface area contributed by atoms with Gasteiger partial charge in [0.05, 0.1) is 11.4 Å². The van der Waals surface area contributed by atoms with Crippen molar-refractivity contribution in [3.63, 3.8) is 0 Å². The lowest BCUT2D eigenvalue weighted by Gasteiger charge is -2.37. The Morgan fingerprint density at radius 3 is 2.33 bits per heavy atom. The zero-order valence-corrected chi connectivity index (χ0v) is 19.7. The zero-order chi connectivity index (χ0) is 21.9. The highest BCUT2D eigenvalue weighted by atomic mass is 35.5. The van der Waals surface area contributed by atoms with Gasteiger partial charge in [0.2, 0.25) is 15.9 Å². The molecule has 3 rings (SSSR count). The number of rotatable bonds is 6. The third-order valence-electron chi connectivity index (χ3n) is 5.27. The summed E-state index contributed by atoms with van der Waals surface area (Å²) in [5, 5.41) is 0.687. The number of aryl methyl sites for hydroxylation is 1. The molecule has 0 atom stereocenters. The molecule has 1 fully saturated rings. The fourth-order valence-electron chi connectivity index (χ4n) is 3.42. The SMILES string of the molecule is CSc1ccc(S(=O)(=O)N(C)CC(=O)N2CCN(c3cc(Cl)ccc3C)CC2)cc1. The van der Waals surface area contributed by atoms with Crippen LogP contribution in [0.25, 0.3) is 0 Å². The summed E-state index contributed by atoms with van der Waals surface area (Å²) in [6.45, 7) is 4.30. The summed E-state index contributed by atoms with van der Waals surface area (Å²) in [7, 11) is -2.26. The third kappa shape index (κ3) is 5.11. The monoisotopic (exact) mass is 467 g/mol. The molecule has 1 aliphatic rings. The van der Waals surface area contributed by atoms with Gasteiger partial charge in [0.1, 0.15) is 0 Å². The smallest absolute Gasteiger partial charge is 0.243 e. The van der Waals surface area contributed by atoms with Crippen LogP contribution < -0.4 is 4.90 Å². The Balaban J connectivity index is 1.60. The van der Waals surface area contributed by atoms with Crippen molar-refractivity contribution in [1.29, 1.82) is 0 Å². The van der Waals surface area contributed by atoms with Crippen molar-refractivity contribution >= 4 is 45.0 Å². The number of halogens is 1. The van der Waals surface area contributed by atoms with E-state index in [0.29, 0.717) is 31.2 Å². The molecule has 0 aliphatic carbocycles. The molecule has 9 heteroatoms. The second kappa shape index (κ2) is 9.60. The van der Waals surface area contributed by atoms with Crippen LogP contribution in [0.15, 0.2) is 52.3 Å². The fraction of sp³-hybridized carbons (Fsp3) is 0.381. The molecule has 162 valence electrons. The van der Waals surface area contributed by atoms with Crippen LogP contribution in [0.4, 0.5) is 5.69 Å². The van der Waals surface area contributed by atoms with Gasteiger partial charge in [0.15, 0.2) is 0 Å². The molecular formula is C21H26ClN3O3S2. The van der Waals surface area contributed by atoms with E-state index in [2.05, 4.69) is 4.90 Å². The number of hydrogen-bond acceptors (Lipinski definition) is 5. The second-order valence-corrected chi connectivity index (χ2v) is 10.6. The quantitative estimate of drug-likeness (QED) is 0.610. The van der Waals surface area contributed by atoms with Crippen molar-refractivity contribution in [1.82, 2.24) is 9.21 Å². The first-order valence-electron chi connectivity index (χ1n) is 9.61. The van der Waals surface area contributed by atoms with E-state index in [1.165, 1.54) is 7.05 Å². The van der Waals surface area contributed by atoms with Gasteiger partial charge in [0, 0.05) is 48.8 Å². The maximum absolute atomic E-state index is 12.8. The number of anilines is 1. The van der Waals surface area contributed by atoms with Crippen molar-refractivity contribution in [3.8, 4) is 0 Å². The standard InChI is InChI=1S/C21H26ClN3O3S2/c1-16-4-5-17(22)14-20(16)24-10-12-25(13-11-24)21(26)15-23(2)30(27,28)19-8-6-18(29-3)7-9-19/h4-9,14H,10-13,15H2,1-3H3. The maximum atomic E-state index is 12.8. The Kier molecular flexibility index (Phi) is 7.34. The molecule has 2 aromatic rings. The van der Waals surface area contributed by atoms with Crippen molar-refractivity contribution in [3.05, 3.63) is 53.1 Å². The molecule has 0 N–H and O–H groups in total. The topological polar surface area (TPSA) is 60.9 Å². The largest absolute Gasteiger partial charge is 0.368 e. The van der Waals surface area contributed by atoms with Gasteiger partial charge in [-0.3, -0.25) is 4.79 Å². The zero-order valence-electron chi connectivity index (χ0n) is 17.3. The Hall–Kier alpha value is -1.74. The molecule has 0 bridgehead atoms. The number of nitrogens with zero attached hydrogens (tertiary/aromatic N) is 3. The summed E-state index contributed by atoms with van der Waals surface area (Å²) in [4.78, 5) is 17.8. The first-order chi connectivity index (χ1) is 14.2. The highest BCUT2D eigenvalue weighted by Gasteiger charge is 2.27. The van der Waals surface area contributed by atoms with E-state index in [9.17, 15) is 13.2 Å². The molecule has 0 radical (unpaired) electrons. The van der Waals surface area contributed by atoms with E-state index in [-0.39, 0.29) is 17.3 Å². The number of sulfonamides is 1. The first-order valence-corrected chi connectivity index (χ1v) is 12.7. The van der Waals surface area contributed by atoms with Crippen LogP contribution in [0.1, 0.15) is 5.56 Å². The Labute approximate surface area is 187 Å². The Morgan fingerprint density at radius 1 is 1.10 bits per heavy atom. The number of thioether (sulfide) groups is 1. The summed E-state index contributed by atoms with van der Waals surface area (Å²) in [6.07, 6.45) is 1.93. The van der Waals surface area contributed by atoms with Crippen LogP contribution in [0.2, 0.25) is 5.02 Å². The summed E-state index contributed by atoms with van der Waals surface area (Å²) in [6, 6.07) is 12.5. The molecule has 0 saturated carbocycles. The minimum Gasteiger partial charge on any atom is -0.368 e. The number of carbonyl (C=O) groups excluding carboxylic acids is 1. The molecule has 0 aromatic heterocycles. The van der Waals surface area contributed by atoms with Crippen LogP contribution >= 0.6 is 23.4 Å². The van der Waals surface area contributed by atoms with Gasteiger partial charge in [-0.15, -0.1) is 11.8 Å². The van der Waals surface area contributed by atoms with Gasteiger partial charge in [-0.2, -0.15) is 4.31 Å². The van der Waals surface area contributed by atoms with Crippen molar-refractivity contribution in [2.24, 2.45) is 0 Å². The lowest BCUT2D eigenvalue weighted by atomic mass is 10.1. The Bertz CT molecular complexity index is 1000. The second-order valence-electron chi connectivity index (χ2n) is 7.24. The Morgan fingerprint density at radius 2 is 1.73 bits per heavy atom. The normalized spacial score (nSPS) is 15.0. The van der Waals surface area contributed by atoms with E-state index >= 15 is 0 Å². The molecule has 0 spiro atoms. The summed E-state index contributed by atoms with van der Waals surface area (Å²) < 4.78 is 26.7. The first kappa shape index (κ1) is 22.9. The number of likely N-dealkylation sites (N-methyl/N-ethyl adjacent to an activating group) is 1. The van der Waals surface area contributed by atoms with Gasteiger partial charge in [0.25, 0.3) is 0 Å². The molecule has 0 unspecified atom stereocenters. The van der Waals surface area contributed by atoms with Crippen molar-refractivity contribution < 1.29 is 13.2 Å². The molecule has 1 amide bonds. The average Bonchev–Trinajstić information content (AvgIpc) is 2.75. The number of carbonyl (C=O) groups is 1. The van der Waals surface area contributed by atoms with Gasteiger partial charge in [-0.1, -0.05) is 17.7 Å². The van der Waals surface area contributed by atoms with E-state index in [0.717, 1.165) is 20.5 Å². The summed E-state index contributed by atoms with van der Waals surface area (Å²) in [5.41, 5.74) is 2.21. The van der Waals surface area contributed by atoms with Crippen LogP contribution in [0.3, 0.4) is 0 Å². The fourth-order valence-corrected chi connectivity index (χ4v) is 5.12. The van der Waals surface area contributed by atoms with Crippen LogP contribution in [0, 0.1) is 6.92 Å². The number of piperazine rings is 1. The summed E-state index contributed by atoms with van der Waals surface area (Å²) >= 11 is 7.67. The number of amides is 1. The van der Waals surface area contributed by atoms with E-state index in [1.54, 1.807) is 40.9 Å². The predicted molar refractivity (Wildman–Crippen MR) is 123 cm³/mol. The lowest BCUT2D eigenvalue weighted by molar-refractivity contribution is -0.131.